The number of hydrogen-bond donors (Lipinski definition) is 0. The number of rotatable bonds is 6. The smallest absolute Gasteiger partial charge is 0.370 e. The molecule has 0 spiro atoms. The highest BCUT2D eigenvalue weighted by molar-refractivity contribution is 6.70. The summed E-state index contributed by atoms with van der Waals surface area (Å²) in [6.45, 7) is 4.13. The Balaban J connectivity index is 0.000000711. The van der Waals surface area contributed by atoms with Crippen LogP contribution in [0.15, 0.2) is 0 Å². The Hall–Kier alpha value is 0.0569. The van der Waals surface area contributed by atoms with E-state index < -0.39 is 8.56 Å². The predicted octanol–water partition coefficient (Wildman–Crippen LogP) is 3.46. The van der Waals surface area contributed by atoms with E-state index in [2.05, 4.69) is 6.92 Å². The fourth-order valence-corrected chi connectivity index (χ4v) is 6.91. The van der Waals surface area contributed by atoms with Crippen molar-refractivity contribution >= 4 is 8.56 Å². The van der Waals surface area contributed by atoms with Gasteiger partial charge >= 0.3 is 8.56 Å². The Kier molecular flexibility index (Phi) is 9.91. The molecule has 1 saturated heterocycles. The molecule has 0 aliphatic carbocycles. The van der Waals surface area contributed by atoms with Crippen LogP contribution < -0.4 is 0 Å². The van der Waals surface area contributed by atoms with Crippen LogP contribution in [0.25, 0.3) is 0 Å². The summed E-state index contributed by atoms with van der Waals surface area (Å²) < 4.78 is 17.4. The van der Waals surface area contributed by atoms with Crippen molar-refractivity contribution in [1.82, 2.24) is 0 Å². The molecule has 1 aliphatic heterocycles. The highest BCUT2D eigenvalue weighted by Gasteiger charge is 2.58. The largest absolute Gasteiger partial charge is 0.396 e. The number of hydrogen-bond acceptors (Lipinski definition) is 3. The van der Waals surface area contributed by atoms with E-state index in [1.807, 2.05) is 6.92 Å². The minimum absolute atomic E-state index is 0.0694. The minimum atomic E-state index is -2.15. The first-order chi connectivity index (χ1) is 9.11. The van der Waals surface area contributed by atoms with Crippen molar-refractivity contribution in [1.29, 1.82) is 0 Å². The van der Waals surface area contributed by atoms with Crippen molar-refractivity contribution in [2.45, 2.75) is 63.6 Å². The SMILES string of the molecule is CCCC1(OC)CCCC[Si]1(OC)OC.CCC[O]. The summed E-state index contributed by atoms with van der Waals surface area (Å²) in [6, 6.07) is 1.06. The van der Waals surface area contributed by atoms with E-state index in [1.165, 1.54) is 12.8 Å². The molecule has 0 amide bonds. The second-order valence-corrected chi connectivity index (χ2v) is 8.75. The van der Waals surface area contributed by atoms with Crippen LogP contribution in [0.3, 0.4) is 0 Å². The second-order valence-electron chi connectivity index (χ2n) is 5.02. The van der Waals surface area contributed by atoms with Crippen molar-refractivity contribution in [3.05, 3.63) is 0 Å². The van der Waals surface area contributed by atoms with E-state index in [9.17, 15) is 5.11 Å². The van der Waals surface area contributed by atoms with E-state index in [0.717, 1.165) is 31.7 Å². The van der Waals surface area contributed by atoms with Crippen LogP contribution in [-0.4, -0.2) is 41.7 Å². The van der Waals surface area contributed by atoms with Gasteiger partial charge in [0, 0.05) is 21.3 Å². The Morgan fingerprint density at radius 1 is 1.05 bits per heavy atom. The molecule has 1 atom stereocenters. The predicted molar refractivity (Wildman–Crippen MR) is 78.9 cm³/mol. The van der Waals surface area contributed by atoms with Crippen LogP contribution in [0.5, 0.6) is 0 Å². The van der Waals surface area contributed by atoms with Crippen molar-refractivity contribution in [3.63, 3.8) is 0 Å². The maximum Gasteiger partial charge on any atom is 0.370 e. The van der Waals surface area contributed by atoms with Gasteiger partial charge in [0.05, 0.1) is 6.61 Å². The van der Waals surface area contributed by atoms with Gasteiger partial charge in [-0.25, -0.2) is 5.11 Å². The summed E-state index contributed by atoms with van der Waals surface area (Å²) in [6.07, 6.45) is 6.47. The molecule has 19 heavy (non-hydrogen) atoms. The summed E-state index contributed by atoms with van der Waals surface area (Å²) in [5.41, 5.74) is 0. The van der Waals surface area contributed by atoms with Gasteiger partial charge in [0.15, 0.2) is 0 Å². The quantitative estimate of drug-likeness (QED) is 0.704. The summed E-state index contributed by atoms with van der Waals surface area (Å²) in [5, 5.41) is 9.18. The highest BCUT2D eigenvalue weighted by atomic mass is 28.4. The molecule has 0 aromatic carbocycles. The Bertz CT molecular complexity index is 215. The molecule has 4 nitrogen and oxygen atoms in total. The molecule has 1 heterocycles. The van der Waals surface area contributed by atoms with Crippen LogP contribution in [0, 0.1) is 0 Å². The van der Waals surface area contributed by atoms with Crippen molar-refractivity contribution in [2.24, 2.45) is 0 Å². The van der Waals surface area contributed by atoms with E-state index in [-0.39, 0.29) is 11.8 Å². The standard InChI is InChI=1S/C11H24O3Si.C3H7O/c1-5-8-11(12-2)9-6-7-10-15(11,13-3)14-4;1-2-3-4/h5-10H2,1-4H3;2-3H2,1H3. The molecule has 1 rings (SSSR count). The first-order valence-corrected chi connectivity index (χ1v) is 9.37. The lowest BCUT2D eigenvalue weighted by atomic mass is 10.1. The molecular weight excluding hydrogens is 260 g/mol. The van der Waals surface area contributed by atoms with Gasteiger partial charge in [0.1, 0.15) is 5.22 Å². The molecule has 1 unspecified atom stereocenters. The molecule has 1 radical (unpaired) electrons. The van der Waals surface area contributed by atoms with E-state index in [4.69, 9.17) is 13.6 Å². The van der Waals surface area contributed by atoms with Gasteiger partial charge in [-0.3, -0.25) is 0 Å². The lowest BCUT2D eigenvalue weighted by molar-refractivity contribution is -0.0149. The van der Waals surface area contributed by atoms with Crippen molar-refractivity contribution < 1.29 is 18.7 Å². The van der Waals surface area contributed by atoms with Gasteiger partial charge in [-0.1, -0.05) is 33.1 Å². The summed E-state index contributed by atoms with van der Waals surface area (Å²) in [5.74, 6) is 0. The van der Waals surface area contributed by atoms with E-state index in [0.29, 0.717) is 0 Å². The van der Waals surface area contributed by atoms with Crippen LogP contribution in [0.4, 0.5) is 0 Å². The Morgan fingerprint density at radius 3 is 2.00 bits per heavy atom. The van der Waals surface area contributed by atoms with Gasteiger partial charge in [0.2, 0.25) is 0 Å². The molecule has 0 N–H and O–H groups in total. The van der Waals surface area contributed by atoms with Gasteiger partial charge in [-0.15, -0.1) is 0 Å². The maximum atomic E-state index is 9.30. The average Bonchev–Trinajstić information content (AvgIpc) is 2.48. The van der Waals surface area contributed by atoms with Crippen LogP contribution >= 0.6 is 0 Å². The third kappa shape index (κ3) is 4.53. The molecule has 0 bridgehead atoms. The van der Waals surface area contributed by atoms with Gasteiger partial charge in [-0.05, 0) is 25.3 Å². The van der Waals surface area contributed by atoms with Crippen molar-refractivity contribution in [3.8, 4) is 0 Å². The van der Waals surface area contributed by atoms with Crippen LogP contribution in [-0.2, 0) is 18.7 Å². The Morgan fingerprint density at radius 2 is 1.63 bits per heavy atom. The average molecular weight is 291 g/mol. The fourth-order valence-electron chi connectivity index (χ4n) is 2.92. The Labute approximate surface area is 119 Å². The molecule has 115 valence electrons. The van der Waals surface area contributed by atoms with Gasteiger partial charge in [-0.2, -0.15) is 0 Å². The zero-order valence-electron chi connectivity index (χ0n) is 13.3. The molecule has 5 heteroatoms. The minimum Gasteiger partial charge on any atom is -0.396 e. The maximum absolute atomic E-state index is 9.30. The monoisotopic (exact) mass is 291 g/mol. The van der Waals surface area contributed by atoms with Crippen LogP contribution in [0.2, 0.25) is 6.04 Å². The molecule has 0 aromatic rings. The third-order valence-corrected chi connectivity index (χ3v) is 8.36. The normalized spacial score (nSPS) is 25.6. The topological polar surface area (TPSA) is 47.6 Å². The molecule has 1 fully saturated rings. The first-order valence-electron chi connectivity index (χ1n) is 7.35. The number of methoxy groups -OCH3 is 1. The first kappa shape index (κ1) is 19.1. The highest BCUT2D eigenvalue weighted by Crippen LogP contribution is 2.42. The lowest BCUT2D eigenvalue weighted by Gasteiger charge is -2.47. The van der Waals surface area contributed by atoms with Gasteiger partial charge < -0.3 is 13.6 Å². The van der Waals surface area contributed by atoms with Crippen LogP contribution in [0.1, 0.15) is 52.4 Å². The second kappa shape index (κ2) is 9.88. The third-order valence-electron chi connectivity index (χ3n) is 3.94. The fraction of sp³-hybridized carbons (Fsp3) is 1.00. The summed E-state index contributed by atoms with van der Waals surface area (Å²) in [7, 11) is 3.22. The zero-order valence-corrected chi connectivity index (χ0v) is 14.3. The molecule has 1 aliphatic rings. The van der Waals surface area contributed by atoms with E-state index >= 15 is 0 Å². The lowest BCUT2D eigenvalue weighted by Crippen LogP contribution is -2.64. The summed E-state index contributed by atoms with van der Waals surface area (Å²) >= 11 is 0. The molecule has 0 saturated carbocycles. The number of ether oxygens (including phenoxy) is 1. The van der Waals surface area contributed by atoms with E-state index in [1.54, 1.807) is 21.3 Å². The van der Waals surface area contributed by atoms with Crippen molar-refractivity contribution in [2.75, 3.05) is 27.9 Å². The summed E-state index contributed by atoms with van der Waals surface area (Å²) in [4.78, 5) is 0. The molecular formula is C14H31O4Si. The zero-order chi connectivity index (χ0) is 14.8. The molecule has 0 aromatic heterocycles. The van der Waals surface area contributed by atoms with Gasteiger partial charge in [0.25, 0.3) is 0 Å².